The van der Waals surface area contributed by atoms with Gasteiger partial charge in [0.05, 0.1) is 12.1 Å². The molecule has 0 amide bonds. The molecule has 0 bridgehead atoms. The van der Waals surface area contributed by atoms with E-state index in [-0.39, 0.29) is 17.4 Å². The number of nitrogens with zero attached hydrogens (tertiary/aromatic N) is 3. The minimum absolute atomic E-state index is 0.163. The lowest BCUT2D eigenvalue weighted by atomic mass is 10.1. The maximum atomic E-state index is 12.9. The molecule has 3 aromatic rings. The Morgan fingerprint density at radius 3 is 2.78 bits per heavy atom. The molecule has 1 atom stereocenters. The van der Waals surface area contributed by atoms with Crippen LogP contribution in [0.5, 0.6) is 0 Å². The number of halogens is 3. The summed E-state index contributed by atoms with van der Waals surface area (Å²) in [5, 5.41) is 3.85. The monoisotopic (exact) mass is 373 g/mol. The van der Waals surface area contributed by atoms with Gasteiger partial charge in [-0.2, -0.15) is 18.2 Å². The van der Waals surface area contributed by atoms with Gasteiger partial charge in [0.25, 0.3) is 0 Å². The molecule has 4 nitrogen and oxygen atoms in total. The van der Waals surface area contributed by atoms with E-state index in [1.54, 1.807) is 6.07 Å². The van der Waals surface area contributed by atoms with Crippen LogP contribution >= 0.6 is 0 Å². The van der Waals surface area contributed by atoms with Gasteiger partial charge in [0.15, 0.2) is 0 Å². The van der Waals surface area contributed by atoms with Crippen molar-refractivity contribution in [2.75, 3.05) is 7.05 Å². The summed E-state index contributed by atoms with van der Waals surface area (Å²) in [6.07, 6.45) is -2.35. The van der Waals surface area contributed by atoms with Gasteiger partial charge >= 0.3 is 6.18 Å². The molecule has 0 saturated heterocycles. The van der Waals surface area contributed by atoms with Crippen LogP contribution in [-0.4, -0.2) is 22.1 Å². The minimum Gasteiger partial charge on any atom is -0.338 e. The standard InChI is InChI=1S/C20H18F3N3O/c1-26(17-10-9-13-5-2-3-8-16(13)17)12-18-24-19(25-27-18)14-6-4-7-15(11-14)20(21,22)23/h2-8,11,17H,9-10,12H2,1H3. The van der Waals surface area contributed by atoms with E-state index in [0.717, 1.165) is 25.0 Å². The lowest BCUT2D eigenvalue weighted by molar-refractivity contribution is -0.137. The first-order valence-corrected chi connectivity index (χ1v) is 8.70. The van der Waals surface area contributed by atoms with Crippen LogP contribution in [-0.2, 0) is 19.1 Å². The van der Waals surface area contributed by atoms with Crippen LogP contribution in [0.15, 0.2) is 53.1 Å². The molecule has 2 aromatic carbocycles. The number of aromatic nitrogens is 2. The molecule has 1 aliphatic rings. The second-order valence-electron chi connectivity index (χ2n) is 6.76. The fourth-order valence-corrected chi connectivity index (χ4v) is 3.59. The van der Waals surface area contributed by atoms with Crippen molar-refractivity contribution in [3.05, 3.63) is 71.1 Å². The summed E-state index contributed by atoms with van der Waals surface area (Å²) in [6.45, 7) is 0.435. The third kappa shape index (κ3) is 3.60. The number of hydrogen-bond acceptors (Lipinski definition) is 4. The van der Waals surface area contributed by atoms with Crippen LogP contribution in [0.4, 0.5) is 13.2 Å². The molecule has 0 N–H and O–H groups in total. The average Bonchev–Trinajstić information content (AvgIpc) is 3.28. The number of aryl methyl sites for hydroxylation is 1. The second-order valence-corrected chi connectivity index (χ2v) is 6.76. The van der Waals surface area contributed by atoms with Crippen molar-refractivity contribution in [2.45, 2.75) is 31.6 Å². The molecule has 4 rings (SSSR count). The number of rotatable bonds is 4. The Labute approximate surface area is 154 Å². The van der Waals surface area contributed by atoms with Crippen molar-refractivity contribution >= 4 is 0 Å². The molecule has 0 fully saturated rings. The van der Waals surface area contributed by atoms with E-state index in [1.165, 1.54) is 17.2 Å². The van der Waals surface area contributed by atoms with Gasteiger partial charge in [-0.1, -0.05) is 41.6 Å². The van der Waals surface area contributed by atoms with Gasteiger partial charge in [0.2, 0.25) is 11.7 Å². The fraction of sp³-hybridized carbons (Fsp3) is 0.300. The van der Waals surface area contributed by atoms with Gasteiger partial charge < -0.3 is 4.52 Å². The highest BCUT2D eigenvalue weighted by Gasteiger charge is 2.31. The topological polar surface area (TPSA) is 42.2 Å². The van der Waals surface area contributed by atoms with Crippen LogP contribution < -0.4 is 0 Å². The molecule has 1 aliphatic carbocycles. The molecule has 0 spiro atoms. The zero-order chi connectivity index (χ0) is 19.0. The summed E-state index contributed by atoms with van der Waals surface area (Å²) in [7, 11) is 1.99. The molecular weight excluding hydrogens is 355 g/mol. The number of benzene rings is 2. The highest BCUT2D eigenvalue weighted by molar-refractivity contribution is 5.55. The first kappa shape index (κ1) is 17.7. The summed E-state index contributed by atoms with van der Waals surface area (Å²) in [5.74, 6) is 0.547. The van der Waals surface area contributed by atoms with Crippen molar-refractivity contribution in [3.8, 4) is 11.4 Å². The van der Waals surface area contributed by atoms with Crippen molar-refractivity contribution in [1.82, 2.24) is 15.0 Å². The van der Waals surface area contributed by atoms with Gasteiger partial charge in [0, 0.05) is 11.6 Å². The summed E-state index contributed by atoms with van der Waals surface area (Å²) < 4.78 is 43.9. The average molecular weight is 373 g/mol. The minimum atomic E-state index is -4.40. The lowest BCUT2D eigenvalue weighted by Gasteiger charge is -2.23. The Morgan fingerprint density at radius 1 is 1.15 bits per heavy atom. The van der Waals surface area contributed by atoms with E-state index in [2.05, 4.69) is 27.2 Å². The summed E-state index contributed by atoms with van der Waals surface area (Å²) in [5.41, 5.74) is 2.21. The van der Waals surface area contributed by atoms with Gasteiger partial charge in [-0.15, -0.1) is 0 Å². The van der Waals surface area contributed by atoms with Crippen LogP contribution in [0.2, 0.25) is 0 Å². The molecule has 0 saturated carbocycles. The van der Waals surface area contributed by atoms with Crippen LogP contribution in [0, 0.1) is 0 Å². The summed E-state index contributed by atoms with van der Waals surface area (Å²) >= 11 is 0. The maximum Gasteiger partial charge on any atom is 0.416 e. The highest BCUT2D eigenvalue weighted by atomic mass is 19.4. The Bertz CT molecular complexity index is 951. The zero-order valence-electron chi connectivity index (χ0n) is 14.7. The third-order valence-corrected chi connectivity index (χ3v) is 4.93. The Hall–Kier alpha value is -2.67. The number of alkyl halides is 3. The van der Waals surface area contributed by atoms with E-state index in [0.29, 0.717) is 12.4 Å². The first-order valence-electron chi connectivity index (χ1n) is 8.70. The number of fused-ring (bicyclic) bond motifs is 1. The van der Waals surface area contributed by atoms with Crippen LogP contribution in [0.25, 0.3) is 11.4 Å². The predicted molar refractivity (Wildman–Crippen MR) is 93.7 cm³/mol. The Balaban J connectivity index is 1.51. The van der Waals surface area contributed by atoms with Gasteiger partial charge in [-0.3, -0.25) is 4.90 Å². The SMILES string of the molecule is CN(Cc1nc(-c2cccc(C(F)(F)F)c2)no1)C1CCc2ccccc21. The summed E-state index contributed by atoms with van der Waals surface area (Å²) in [4.78, 5) is 6.42. The molecule has 0 radical (unpaired) electrons. The molecule has 1 unspecified atom stereocenters. The number of hydrogen-bond donors (Lipinski definition) is 0. The molecule has 1 heterocycles. The van der Waals surface area contributed by atoms with E-state index in [9.17, 15) is 13.2 Å². The van der Waals surface area contributed by atoms with E-state index in [4.69, 9.17) is 4.52 Å². The van der Waals surface area contributed by atoms with Crippen molar-refractivity contribution in [2.24, 2.45) is 0 Å². The highest BCUT2D eigenvalue weighted by Crippen LogP contribution is 2.35. The van der Waals surface area contributed by atoms with Gasteiger partial charge in [0.1, 0.15) is 0 Å². The fourth-order valence-electron chi connectivity index (χ4n) is 3.59. The van der Waals surface area contributed by atoms with Crippen molar-refractivity contribution < 1.29 is 17.7 Å². The van der Waals surface area contributed by atoms with E-state index < -0.39 is 11.7 Å². The maximum absolute atomic E-state index is 12.9. The quantitative estimate of drug-likeness (QED) is 0.654. The van der Waals surface area contributed by atoms with Crippen LogP contribution in [0.1, 0.15) is 35.0 Å². The van der Waals surface area contributed by atoms with Crippen molar-refractivity contribution in [3.63, 3.8) is 0 Å². The Morgan fingerprint density at radius 2 is 1.96 bits per heavy atom. The molecule has 27 heavy (non-hydrogen) atoms. The third-order valence-electron chi connectivity index (χ3n) is 4.93. The van der Waals surface area contributed by atoms with E-state index >= 15 is 0 Å². The molecule has 0 aliphatic heterocycles. The van der Waals surface area contributed by atoms with Crippen molar-refractivity contribution in [1.29, 1.82) is 0 Å². The first-order chi connectivity index (χ1) is 12.9. The molecule has 7 heteroatoms. The van der Waals surface area contributed by atoms with Gasteiger partial charge in [-0.05, 0) is 43.1 Å². The normalized spacial score (nSPS) is 16.7. The summed E-state index contributed by atoms with van der Waals surface area (Å²) in [6, 6.07) is 13.6. The predicted octanol–water partition coefficient (Wildman–Crippen LogP) is 4.87. The zero-order valence-corrected chi connectivity index (χ0v) is 14.7. The van der Waals surface area contributed by atoms with Gasteiger partial charge in [-0.25, -0.2) is 0 Å². The Kier molecular flexibility index (Phi) is 4.47. The smallest absolute Gasteiger partial charge is 0.338 e. The van der Waals surface area contributed by atoms with E-state index in [1.807, 2.05) is 19.2 Å². The largest absolute Gasteiger partial charge is 0.416 e. The molecular formula is C20H18F3N3O. The van der Waals surface area contributed by atoms with Crippen LogP contribution in [0.3, 0.4) is 0 Å². The second kappa shape index (κ2) is 6.81. The lowest BCUT2D eigenvalue weighted by Crippen LogP contribution is -2.22. The molecule has 140 valence electrons. The molecule has 1 aromatic heterocycles.